The van der Waals surface area contributed by atoms with Gasteiger partial charge in [-0.3, -0.25) is 14.5 Å². The van der Waals surface area contributed by atoms with E-state index in [2.05, 4.69) is 15.0 Å². The van der Waals surface area contributed by atoms with E-state index >= 15 is 0 Å². The van der Waals surface area contributed by atoms with Crippen LogP contribution in [0.25, 0.3) is 0 Å². The minimum absolute atomic E-state index is 0.135. The molecule has 8 heteroatoms. The van der Waals surface area contributed by atoms with Crippen LogP contribution in [0.3, 0.4) is 0 Å². The van der Waals surface area contributed by atoms with Gasteiger partial charge >= 0.3 is 0 Å². The maximum Gasteiger partial charge on any atom is 0.263 e. The maximum atomic E-state index is 12.2. The highest BCUT2D eigenvalue weighted by Gasteiger charge is 2.29. The van der Waals surface area contributed by atoms with Crippen LogP contribution in [-0.4, -0.2) is 26.7 Å². The number of ether oxygens (including phenoxy) is 1. The van der Waals surface area contributed by atoms with Crippen molar-refractivity contribution < 1.29 is 17.9 Å². The Labute approximate surface area is 180 Å². The van der Waals surface area contributed by atoms with Gasteiger partial charge in [-0.2, -0.15) is 0 Å². The zero-order valence-electron chi connectivity index (χ0n) is 16.6. The topological polar surface area (TPSA) is 96.9 Å². The van der Waals surface area contributed by atoms with Crippen molar-refractivity contribution in [1.82, 2.24) is 4.72 Å². The first-order valence-corrected chi connectivity index (χ1v) is 11.3. The Morgan fingerprint density at radius 1 is 0.903 bits per heavy atom. The van der Waals surface area contributed by atoms with Gasteiger partial charge in [0.05, 0.1) is 4.90 Å². The fourth-order valence-electron chi connectivity index (χ4n) is 3.14. The highest BCUT2D eigenvalue weighted by Crippen LogP contribution is 2.23. The zero-order valence-corrected chi connectivity index (χ0v) is 17.4. The molecule has 4 rings (SSSR count). The molecule has 0 spiro atoms. The maximum absolute atomic E-state index is 12.2. The van der Waals surface area contributed by atoms with Crippen molar-refractivity contribution >= 4 is 27.5 Å². The molecule has 2 N–H and O–H groups in total. The van der Waals surface area contributed by atoms with Gasteiger partial charge in [0, 0.05) is 24.2 Å². The van der Waals surface area contributed by atoms with Gasteiger partial charge < -0.3 is 10.1 Å². The Bertz CT molecular complexity index is 1210. The van der Waals surface area contributed by atoms with Gasteiger partial charge in [-0.15, -0.1) is 0 Å². The number of amidine groups is 1. The summed E-state index contributed by atoms with van der Waals surface area (Å²) < 4.78 is 32.3. The quantitative estimate of drug-likeness (QED) is 0.550. The number of sulfonamides is 1. The van der Waals surface area contributed by atoms with Crippen LogP contribution in [-0.2, 0) is 14.8 Å². The summed E-state index contributed by atoms with van der Waals surface area (Å²) in [5, 5.41) is 2.84. The summed E-state index contributed by atoms with van der Waals surface area (Å²) in [6.07, 6.45) is 0.766. The molecule has 0 aromatic heterocycles. The number of fused-ring (bicyclic) bond motifs is 1. The normalized spacial score (nSPS) is 15.2. The van der Waals surface area contributed by atoms with Crippen LogP contribution in [0.2, 0.25) is 0 Å². The average molecular weight is 436 g/mol. The van der Waals surface area contributed by atoms with E-state index in [9.17, 15) is 13.2 Å². The van der Waals surface area contributed by atoms with Gasteiger partial charge in [-0.1, -0.05) is 30.3 Å². The van der Waals surface area contributed by atoms with Gasteiger partial charge in [-0.25, -0.2) is 8.42 Å². The van der Waals surface area contributed by atoms with Gasteiger partial charge in [0.1, 0.15) is 17.3 Å². The van der Waals surface area contributed by atoms with Crippen molar-refractivity contribution in [3.05, 3.63) is 84.4 Å². The largest absolute Gasteiger partial charge is 0.457 e. The average Bonchev–Trinajstić information content (AvgIpc) is 3.04. The number of aliphatic imine (C=N–C) groups is 1. The molecular weight excluding hydrogens is 414 g/mol. The SMILES string of the molecule is O=C(CCCN=C1NS(=O)(=O)c2ccccc21)Nc1ccc(Oc2ccccc2)cc1. The van der Waals surface area contributed by atoms with Crippen LogP contribution in [0.1, 0.15) is 18.4 Å². The number of benzene rings is 3. The second kappa shape index (κ2) is 9.01. The van der Waals surface area contributed by atoms with Crippen LogP contribution < -0.4 is 14.8 Å². The molecule has 0 saturated heterocycles. The molecule has 0 unspecified atom stereocenters. The molecule has 3 aromatic carbocycles. The highest BCUT2D eigenvalue weighted by atomic mass is 32.2. The number of nitrogens with zero attached hydrogens (tertiary/aromatic N) is 1. The van der Waals surface area contributed by atoms with Crippen molar-refractivity contribution in [2.45, 2.75) is 17.7 Å². The molecule has 31 heavy (non-hydrogen) atoms. The lowest BCUT2D eigenvalue weighted by molar-refractivity contribution is -0.116. The highest BCUT2D eigenvalue weighted by molar-refractivity contribution is 7.90. The zero-order chi connectivity index (χ0) is 21.7. The van der Waals surface area contributed by atoms with Gasteiger partial charge in [-0.05, 0) is 55.0 Å². The minimum atomic E-state index is -3.54. The summed E-state index contributed by atoms with van der Waals surface area (Å²) in [6, 6.07) is 23.3. The van der Waals surface area contributed by atoms with E-state index in [1.807, 2.05) is 30.3 Å². The summed E-state index contributed by atoms with van der Waals surface area (Å²) in [7, 11) is -3.54. The molecule has 0 aliphatic carbocycles. The molecule has 0 radical (unpaired) electrons. The summed E-state index contributed by atoms with van der Waals surface area (Å²) in [5.74, 6) is 1.61. The predicted molar refractivity (Wildman–Crippen MR) is 119 cm³/mol. The third kappa shape index (κ3) is 5.10. The number of hydrogen-bond donors (Lipinski definition) is 2. The Kier molecular flexibility index (Phi) is 5.99. The molecule has 1 heterocycles. The number of anilines is 1. The van der Waals surface area contributed by atoms with Crippen LogP contribution in [0.5, 0.6) is 11.5 Å². The molecule has 7 nitrogen and oxygen atoms in total. The Balaban J connectivity index is 1.26. The van der Waals surface area contributed by atoms with E-state index in [1.54, 1.807) is 48.5 Å². The summed E-state index contributed by atoms with van der Waals surface area (Å²) >= 11 is 0. The molecule has 0 saturated carbocycles. The Morgan fingerprint density at radius 3 is 2.35 bits per heavy atom. The van der Waals surface area contributed by atoms with Crippen LogP contribution in [0, 0.1) is 0 Å². The first kappa shape index (κ1) is 20.6. The number of amides is 1. The smallest absolute Gasteiger partial charge is 0.263 e. The monoisotopic (exact) mass is 435 g/mol. The van der Waals surface area contributed by atoms with Crippen molar-refractivity contribution in [3.8, 4) is 11.5 Å². The molecule has 0 atom stereocenters. The van der Waals surface area contributed by atoms with E-state index in [1.165, 1.54) is 0 Å². The van der Waals surface area contributed by atoms with E-state index in [4.69, 9.17) is 4.74 Å². The lowest BCUT2D eigenvalue weighted by atomic mass is 10.2. The molecule has 1 aliphatic rings. The molecule has 3 aromatic rings. The molecule has 0 bridgehead atoms. The lowest BCUT2D eigenvalue weighted by Crippen LogP contribution is -2.22. The second-order valence-electron chi connectivity index (χ2n) is 6.92. The van der Waals surface area contributed by atoms with Gasteiger partial charge in [0.2, 0.25) is 5.91 Å². The summed E-state index contributed by atoms with van der Waals surface area (Å²) in [4.78, 5) is 16.7. The number of nitrogens with one attached hydrogen (secondary N) is 2. The molecule has 1 amide bonds. The lowest BCUT2D eigenvalue weighted by Gasteiger charge is -2.08. The Hall–Kier alpha value is -3.65. The van der Waals surface area contributed by atoms with Gasteiger partial charge in [0.25, 0.3) is 10.0 Å². The summed E-state index contributed by atoms with van der Waals surface area (Å²) in [5.41, 5.74) is 1.24. The van der Waals surface area contributed by atoms with E-state index < -0.39 is 10.0 Å². The van der Waals surface area contributed by atoms with Crippen molar-refractivity contribution in [1.29, 1.82) is 0 Å². The minimum Gasteiger partial charge on any atom is -0.457 e. The fourth-order valence-corrected chi connectivity index (χ4v) is 4.39. The van der Waals surface area contributed by atoms with Gasteiger partial charge in [0.15, 0.2) is 0 Å². The van der Waals surface area contributed by atoms with E-state index in [0.717, 1.165) is 5.75 Å². The van der Waals surface area contributed by atoms with Crippen LogP contribution in [0.15, 0.2) is 88.8 Å². The Morgan fingerprint density at radius 2 is 1.58 bits per heavy atom. The van der Waals surface area contributed by atoms with Crippen molar-refractivity contribution in [2.75, 3.05) is 11.9 Å². The van der Waals surface area contributed by atoms with E-state index in [-0.39, 0.29) is 17.2 Å². The van der Waals surface area contributed by atoms with E-state index in [0.29, 0.717) is 35.8 Å². The number of hydrogen-bond acceptors (Lipinski definition) is 5. The van der Waals surface area contributed by atoms with Crippen LogP contribution >= 0.6 is 0 Å². The molecular formula is C23H21N3O4S. The van der Waals surface area contributed by atoms with Crippen LogP contribution in [0.4, 0.5) is 5.69 Å². The first-order valence-electron chi connectivity index (χ1n) is 9.81. The number of carbonyl (C=O) groups is 1. The number of carbonyl (C=O) groups excluding carboxylic acids is 1. The number of para-hydroxylation sites is 1. The molecule has 1 aliphatic heterocycles. The van der Waals surface area contributed by atoms with Crippen molar-refractivity contribution in [3.63, 3.8) is 0 Å². The fraction of sp³-hybridized carbons (Fsp3) is 0.130. The standard InChI is InChI=1S/C23H21N3O4S/c27-22(25-17-12-14-19(15-13-17)30-18-7-2-1-3-8-18)11-6-16-24-23-20-9-4-5-10-21(20)31(28,29)26-23/h1-5,7-10,12-15H,6,11,16H2,(H,24,26)(H,25,27). The first-order chi connectivity index (χ1) is 15.0. The van der Waals surface area contributed by atoms with Crippen molar-refractivity contribution in [2.24, 2.45) is 4.99 Å². The predicted octanol–water partition coefficient (Wildman–Crippen LogP) is 3.94. The summed E-state index contributed by atoms with van der Waals surface area (Å²) in [6.45, 7) is 0.337. The second-order valence-corrected chi connectivity index (χ2v) is 8.57. The third-order valence-corrected chi connectivity index (χ3v) is 6.01. The molecule has 0 fully saturated rings. The number of rotatable bonds is 7. The third-order valence-electron chi connectivity index (χ3n) is 4.61. The molecule has 158 valence electrons.